The van der Waals surface area contributed by atoms with Crippen molar-refractivity contribution in [3.05, 3.63) is 21.7 Å². The molecule has 1 aromatic rings. The van der Waals surface area contributed by atoms with Gasteiger partial charge in [-0.15, -0.1) is 0 Å². The molecule has 0 aromatic carbocycles. The highest BCUT2D eigenvalue weighted by atomic mass is 16.1. The summed E-state index contributed by atoms with van der Waals surface area (Å²) in [6.07, 6.45) is 5.48. The normalized spacial score (nSPS) is 20.3. The van der Waals surface area contributed by atoms with Gasteiger partial charge in [0.2, 0.25) is 0 Å². The zero-order valence-electron chi connectivity index (χ0n) is 8.68. The highest BCUT2D eigenvalue weighted by Gasteiger charge is 2.24. The monoisotopic (exact) mass is 205 g/mol. The molecular weight excluding hydrogens is 190 g/mol. The van der Waals surface area contributed by atoms with Gasteiger partial charge in [0.05, 0.1) is 5.56 Å². The number of anilines is 1. The number of nitrogens with zero attached hydrogens (tertiary/aromatic N) is 1. The van der Waals surface area contributed by atoms with Gasteiger partial charge in [0.15, 0.2) is 0 Å². The van der Waals surface area contributed by atoms with Crippen LogP contribution in [0.2, 0.25) is 0 Å². The first kappa shape index (κ1) is 8.95. The van der Waals surface area contributed by atoms with Crippen LogP contribution in [0.5, 0.6) is 0 Å². The molecule has 80 valence electrons. The summed E-state index contributed by atoms with van der Waals surface area (Å²) in [6, 6.07) is 0. The third-order valence-electron chi connectivity index (χ3n) is 3.42. The van der Waals surface area contributed by atoms with Gasteiger partial charge in [0, 0.05) is 12.5 Å². The molecule has 1 aliphatic carbocycles. The number of hydrogen-bond donors (Lipinski definition) is 2. The van der Waals surface area contributed by atoms with Crippen LogP contribution in [0.25, 0.3) is 0 Å². The molecule has 2 aliphatic rings. The van der Waals surface area contributed by atoms with Crippen molar-refractivity contribution in [1.82, 2.24) is 9.97 Å². The van der Waals surface area contributed by atoms with Crippen LogP contribution >= 0.6 is 0 Å². The third-order valence-corrected chi connectivity index (χ3v) is 3.42. The Morgan fingerprint density at radius 3 is 2.87 bits per heavy atom. The molecule has 0 spiro atoms. The Bertz CT molecular complexity index is 434. The molecule has 1 aliphatic heterocycles. The van der Waals surface area contributed by atoms with Crippen LogP contribution in [0.3, 0.4) is 0 Å². The molecule has 2 heterocycles. The van der Waals surface area contributed by atoms with Gasteiger partial charge in [0.25, 0.3) is 5.56 Å². The first-order valence-corrected chi connectivity index (χ1v) is 5.71. The van der Waals surface area contributed by atoms with E-state index in [0.29, 0.717) is 5.92 Å². The van der Waals surface area contributed by atoms with E-state index in [-0.39, 0.29) is 5.56 Å². The average Bonchev–Trinajstić information content (AvgIpc) is 2.15. The highest BCUT2D eigenvalue weighted by molar-refractivity contribution is 5.45. The molecule has 0 radical (unpaired) electrons. The summed E-state index contributed by atoms with van der Waals surface area (Å²) in [5, 5.41) is 3.22. The maximum atomic E-state index is 11.8. The van der Waals surface area contributed by atoms with Gasteiger partial charge in [0.1, 0.15) is 11.6 Å². The Balaban J connectivity index is 2.04. The number of aromatic nitrogens is 2. The molecule has 1 fully saturated rings. The summed E-state index contributed by atoms with van der Waals surface area (Å²) in [4.78, 5) is 19.3. The quantitative estimate of drug-likeness (QED) is 0.728. The molecule has 4 nitrogen and oxygen atoms in total. The second-order valence-electron chi connectivity index (χ2n) is 4.44. The maximum Gasteiger partial charge on any atom is 0.256 e. The number of rotatable bonds is 1. The Kier molecular flexibility index (Phi) is 2.01. The lowest BCUT2D eigenvalue weighted by molar-refractivity contribution is 0.400. The minimum absolute atomic E-state index is 0.0640. The Morgan fingerprint density at radius 1 is 1.27 bits per heavy atom. The Morgan fingerprint density at radius 2 is 2.13 bits per heavy atom. The van der Waals surface area contributed by atoms with Crippen molar-refractivity contribution in [2.24, 2.45) is 0 Å². The highest BCUT2D eigenvalue weighted by Crippen LogP contribution is 2.34. The molecule has 0 amide bonds. The second-order valence-corrected chi connectivity index (χ2v) is 4.44. The SMILES string of the molecule is O=c1[nH]c(C2CCC2)nc2c1CCCN2. The van der Waals surface area contributed by atoms with E-state index in [1.807, 2.05) is 0 Å². The molecule has 1 aromatic heterocycles. The molecule has 3 rings (SSSR count). The first-order valence-electron chi connectivity index (χ1n) is 5.71. The van der Waals surface area contributed by atoms with Gasteiger partial charge in [-0.3, -0.25) is 4.79 Å². The molecule has 1 saturated carbocycles. The van der Waals surface area contributed by atoms with E-state index < -0.39 is 0 Å². The number of aromatic amines is 1. The van der Waals surface area contributed by atoms with E-state index in [4.69, 9.17) is 0 Å². The van der Waals surface area contributed by atoms with Gasteiger partial charge in [-0.05, 0) is 25.7 Å². The zero-order chi connectivity index (χ0) is 10.3. The summed E-state index contributed by atoms with van der Waals surface area (Å²) < 4.78 is 0. The zero-order valence-corrected chi connectivity index (χ0v) is 8.68. The molecule has 0 atom stereocenters. The molecule has 0 bridgehead atoms. The predicted octanol–water partition coefficient (Wildman–Crippen LogP) is 1.40. The van der Waals surface area contributed by atoms with Crippen molar-refractivity contribution >= 4 is 5.82 Å². The summed E-state index contributed by atoms with van der Waals surface area (Å²) in [5.41, 5.74) is 0.901. The van der Waals surface area contributed by atoms with Crippen LogP contribution in [-0.2, 0) is 6.42 Å². The predicted molar refractivity (Wildman–Crippen MR) is 58.3 cm³/mol. The Hall–Kier alpha value is -1.32. The minimum atomic E-state index is 0.0640. The number of hydrogen-bond acceptors (Lipinski definition) is 3. The van der Waals surface area contributed by atoms with E-state index in [1.165, 1.54) is 19.3 Å². The molecule has 2 N–H and O–H groups in total. The second kappa shape index (κ2) is 3.36. The fourth-order valence-corrected chi connectivity index (χ4v) is 2.24. The summed E-state index contributed by atoms with van der Waals surface area (Å²) in [7, 11) is 0. The van der Waals surface area contributed by atoms with Crippen molar-refractivity contribution in [3.8, 4) is 0 Å². The minimum Gasteiger partial charge on any atom is -0.370 e. The number of H-pyrrole nitrogens is 1. The van der Waals surface area contributed by atoms with Crippen molar-refractivity contribution in [2.45, 2.75) is 38.0 Å². The van der Waals surface area contributed by atoms with Crippen molar-refractivity contribution < 1.29 is 0 Å². The number of fused-ring (bicyclic) bond motifs is 1. The van der Waals surface area contributed by atoms with E-state index in [9.17, 15) is 4.79 Å². The summed E-state index contributed by atoms with van der Waals surface area (Å²) >= 11 is 0. The van der Waals surface area contributed by atoms with Crippen molar-refractivity contribution in [1.29, 1.82) is 0 Å². The van der Waals surface area contributed by atoms with Gasteiger partial charge < -0.3 is 10.3 Å². The van der Waals surface area contributed by atoms with Gasteiger partial charge in [-0.1, -0.05) is 6.42 Å². The van der Waals surface area contributed by atoms with Crippen LogP contribution < -0.4 is 10.9 Å². The van der Waals surface area contributed by atoms with Crippen LogP contribution in [0.4, 0.5) is 5.82 Å². The maximum absolute atomic E-state index is 11.8. The molecule has 4 heteroatoms. The molecular formula is C11H15N3O. The Labute approximate surface area is 88.1 Å². The number of nitrogens with one attached hydrogen (secondary N) is 2. The standard InChI is InChI=1S/C11H15N3O/c15-11-8-5-2-6-12-10(8)13-9(14-11)7-3-1-4-7/h7H,1-6H2,(H2,12,13,14,15). The average molecular weight is 205 g/mol. The molecule has 0 saturated heterocycles. The van der Waals surface area contributed by atoms with Crippen LogP contribution in [0.15, 0.2) is 4.79 Å². The summed E-state index contributed by atoms with van der Waals surface area (Å²) in [6.45, 7) is 0.938. The van der Waals surface area contributed by atoms with Crippen LogP contribution in [-0.4, -0.2) is 16.5 Å². The van der Waals surface area contributed by atoms with E-state index in [0.717, 1.165) is 36.6 Å². The largest absolute Gasteiger partial charge is 0.370 e. The lowest BCUT2D eigenvalue weighted by atomic mass is 9.85. The van der Waals surface area contributed by atoms with Crippen LogP contribution in [0.1, 0.15) is 43.0 Å². The van der Waals surface area contributed by atoms with Gasteiger partial charge in [-0.25, -0.2) is 4.98 Å². The van der Waals surface area contributed by atoms with E-state index >= 15 is 0 Å². The fourth-order valence-electron chi connectivity index (χ4n) is 2.24. The summed E-state index contributed by atoms with van der Waals surface area (Å²) in [5.74, 6) is 2.21. The molecule has 15 heavy (non-hydrogen) atoms. The molecule has 0 unspecified atom stereocenters. The van der Waals surface area contributed by atoms with Crippen molar-refractivity contribution in [3.63, 3.8) is 0 Å². The fraction of sp³-hybridized carbons (Fsp3) is 0.636. The van der Waals surface area contributed by atoms with E-state index in [2.05, 4.69) is 15.3 Å². The van der Waals surface area contributed by atoms with E-state index in [1.54, 1.807) is 0 Å². The lowest BCUT2D eigenvalue weighted by Gasteiger charge is -2.25. The smallest absolute Gasteiger partial charge is 0.256 e. The van der Waals surface area contributed by atoms with Gasteiger partial charge in [-0.2, -0.15) is 0 Å². The van der Waals surface area contributed by atoms with Gasteiger partial charge >= 0.3 is 0 Å². The first-order chi connectivity index (χ1) is 7.34. The lowest BCUT2D eigenvalue weighted by Crippen LogP contribution is -2.27. The topological polar surface area (TPSA) is 57.8 Å². The third kappa shape index (κ3) is 1.44. The van der Waals surface area contributed by atoms with Crippen molar-refractivity contribution in [2.75, 3.05) is 11.9 Å². The van der Waals surface area contributed by atoms with Crippen LogP contribution in [0, 0.1) is 0 Å².